The number of amides is 1. The first-order valence-corrected chi connectivity index (χ1v) is 9.47. The second-order valence-electron chi connectivity index (χ2n) is 5.17. The second kappa shape index (κ2) is 7.99. The molecule has 0 bridgehead atoms. The fraction of sp³-hybridized carbons (Fsp3) is 0.111. The summed E-state index contributed by atoms with van der Waals surface area (Å²) in [6.45, 7) is 1.80. The number of hydrogen-bond acceptors (Lipinski definition) is 4. The Hall–Kier alpha value is -1.89. The zero-order valence-electron chi connectivity index (χ0n) is 13.3. The highest BCUT2D eigenvalue weighted by atomic mass is 79.9. The zero-order chi connectivity index (χ0) is 17.8. The van der Waals surface area contributed by atoms with E-state index in [1.54, 1.807) is 17.0 Å². The van der Waals surface area contributed by atoms with E-state index in [2.05, 4.69) is 20.9 Å². The molecule has 1 aromatic heterocycles. The van der Waals surface area contributed by atoms with Gasteiger partial charge in [-0.15, -0.1) is 11.3 Å². The molecule has 1 amide bonds. The lowest BCUT2D eigenvalue weighted by atomic mass is 10.3. The van der Waals surface area contributed by atoms with Gasteiger partial charge in [0.05, 0.1) is 16.4 Å². The Kier molecular flexibility index (Phi) is 5.73. The molecule has 2 aromatic carbocycles. The summed E-state index contributed by atoms with van der Waals surface area (Å²) >= 11 is 10.9. The highest BCUT2D eigenvalue weighted by Gasteiger charge is 2.17. The van der Waals surface area contributed by atoms with E-state index in [-0.39, 0.29) is 12.5 Å². The molecule has 4 nitrogen and oxygen atoms in total. The van der Waals surface area contributed by atoms with Crippen LogP contribution in [0.25, 0.3) is 0 Å². The first-order valence-electron chi connectivity index (χ1n) is 7.42. The minimum absolute atomic E-state index is 0.0935. The van der Waals surface area contributed by atoms with Crippen LogP contribution in [-0.4, -0.2) is 10.9 Å². The van der Waals surface area contributed by atoms with Crippen molar-refractivity contribution in [3.63, 3.8) is 0 Å². The van der Waals surface area contributed by atoms with Crippen LogP contribution in [0.5, 0.6) is 5.75 Å². The number of para-hydroxylation sites is 1. The van der Waals surface area contributed by atoms with Gasteiger partial charge < -0.3 is 4.74 Å². The van der Waals surface area contributed by atoms with Gasteiger partial charge in [-0.2, -0.15) is 0 Å². The van der Waals surface area contributed by atoms with Gasteiger partial charge in [-0.3, -0.25) is 9.69 Å². The van der Waals surface area contributed by atoms with Crippen molar-refractivity contribution in [2.45, 2.75) is 13.5 Å². The Bertz CT molecular complexity index is 886. The first-order chi connectivity index (χ1) is 12.0. The lowest BCUT2D eigenvalue weighted by Gasteiger charge is -2.17. The van der Waals surface area contributed by atoms with Crippen LogP contribution < -0.4 is 9.64 Å². The molecule has 0 radical (unpaired) electrons. The Morgan fingerprint density at radius 1 is 1.28 bits per heavy atom. The molecule has 3 rings (SSSR count). The molecule has 0 aliphatic heterocycles. The van der Waals surface area contributed by atoms with E-state index in [0.717, 1.165) is 15.9 Å². The van der Waals surface area contributed by atoms with Crippen LogP contribution in [0.2, 0.25) is 5.02 Å². The third kappa shape index (κ3) is 4.39. The molecule has 3 aromatic rings. The maximum atomic E-state index is 12.0. The predicted octanol–water partition coefficient (Wildman–Crippen LogP) is 5.82. The third-order valence-electron chi connectivity index (χ3n) is 3.33. The van der Waals surface area contributed by atoms with Crippen molar-refractivity contribution < 1.29 is 9.53 Å². The average molecular weight is 438 g/mol. The summed E-state index contributed by atoms with van der Waals surface area (Å²) in [7, 11) is 0. The van der Waals surface area contributed by atoms with E-state index in [4.69, 9.17) is 16.3 Å². The molecule has 128 valence electrons. The monoisotopic (exact) mass is 436 g/mol. The third-order valence-corrected chi connectivity index (χ3v) is 4.99. The molecule has 0 fully saturated rings. The SMILES string of the molecule is CC(=O)N(c1ccccc1)c1nc(COc2ccc(Br)cc2Cl)cs1. The number of rotatable bonds is 5. The highest BCUT2D eigenvalue weighted by molar-refractivity contribution is 9.10. The second-order valence-corrected chi connectivity index (χ2v) is 7.33. The molecule has 0 spiro atoms. The van der Waals surface area contributed by atoms with Crippen LogP contribution in [0.1, 0.15) is 12.6 Å². The Morgan fingerprint density at radius 2 is 2.04 bits per heavy atom. The molecule has 0 aliphatic rings. The minimum Gasteiger partial charge on any atom is -0.486 e. The van der Waals surface area contributed by atoms with Crippen molar-refractivity contribution in [3.05, 3.63) is 69.1 Å². The molecule has 0 N–H and O–H groups in total. The largest absolute Gasteiger partial charge is 0.486 e. The van der Waals surface area contributed by atoms with Crippen LogP contribution in [0, 0.1) is 0 Å². The number of aromatic nitrogens is 1. The van der Waals surface area contributed by atoms with Crippen LogP contribution in [0.15, 0.2) is 58.4 Å². The van der Waals surface area contributed by atoms with Gasteiger partial charge in [0.15, 0.2) is 5.13 Å². The minimum atomic E-state index is -0.0935. The Balaban J connectivity index is 1.76. The number of carbonyl (C=O) groups excluding carboxylic acids is 1. The topological polar surface area (TPSA) is 42.4 Å². The quantitative estimate of drug-likeness (QED) is 0.505. The number of halogens is 2. The molecule has 0 aliphatic carbocycles. The zero-order valence-corrected chi connectivity index (χ0v) is 16.4. The van der Waals surface area contributed by atoms with Gasteiger partial charge in [0, 0.05) is 16.8 Å². The van der Waals surface area contributed by atoms with E-state index in [9.17, 15) is 4.79 Å². The van der Waals surface area contributed by atoms with E-state index < -0.39 is 0 Å². The van der Waals surface area contributed by atoms with Crippen molar-refractivity contribution in [3.8, 4) is 5.75 Å². The van der Waals surface area contributed by atoms with Crippen molar-refractivity contribution in [1.82, 2.24) is 4.98 Å². The molecule has 0 atom stereocenters. The maximum absolute atomic E-state index is 12.0. The van der Waals surface area contributed by atoms with Gasteiger partial charge in [0.1, 0.15) is 12.4 Å². The van der Waals surface area contributed by atoms with Crippen molar-refractivity contribution >= 4 is 55.6 Å². The molecule has 0 saturated carbocycles. The van der Waals surface area contributed by atoms with Crippen LogP contribution in [-0.2, 0) is 11.4 Å². The van der Waals surface area contributed by atoms with Gasteiger partial charge in [0.2, 0.25) is 5.91 Å². The number of ether oxygens (including phenoxy) is 1. The molecule has 0 unspecified atom stereocenters. The number of thiazole rings is 1. The number of anilines is 2. The van der Waals surface area contributed by atoms with Gasteiger partial charge >= 0.3 is 0 Å². The summed E-state index contributed by atoms with van der Waals surface area (Å²) in [6.07, 6.45) is 0. The fourth-order valence-electron chi connectivity index (χ4n) is 2.21. The molecular formula is C18H14BrClN2O2S. The summed E-state index contributed by atoms with van der Waals surface area (Å²) < 4.78 is 6.61. The lowest BCUT2D eigenvalue weighted by molar-refractivity contribution is -0.115. The fourth-order valence-corrected chi connectivity index (χ4v) is 3.81. The predicted molar refractivity (Wildman–Crippen MR) is 105 cm³/mol. The van der Waals surface area contributed by atoms with Crippen LogP contribution >= 0.6 is 38.9 Å². The Morgan fingerprint density at radius 3 is 2.72 bits per heavy atom. The van der Waals surface area contributed by atoms with Gasteiger partial charge in [-0.1, -0.05) is 45.7 Å². The number of nitrogens with zero attached hydrogens (tertiary/aromatic N) is 2. The molecular weight excluding hydrogens is 424 g/mol. The number of benzene rings is 2. The maximum Gasteiger partial charge on any atom is 0.230 e. The van der Waals surface area contributed by atoms with E-state index in [1.165, 1.54) is 18.3 Å². The molecule has 25 heavy (non-hydrogen) atoms. The standard InChI is InChI=1S/C18H14BrClN2O2S/c1-12(23)22(15-5-3-2-4-6-15)18-21-14(11-25-18)10-24-17-8-7-13(19)9-16(17)20/h2-9,11H,10H2,1H3. The van der Waals surface area contributed by atoms with Crippen molar-refractivity contribution in [2.24, 2.45) is 0 Å². The summed E-state index contributed by atoms with van der Waals surface area (Å²) in [5.74, 6) is 0.495. The van der Waals surface area contributed by atoms with Crippen LogP contribution in [0.3, 0.4) is 0 Å². The highest BCUT2D eigenvalue weighted by Crippen LogP contribution is 2.31. The summed E-state index contributed by atoms with van der Waals surface area (Å²) in [4.78, 5) is 18.2. The lowest BCUT2D eigenvalue weighted by Crippen LogP contribution is -2.22. The number of hydrogen-bond donors (Lipinski definition) is 0. The summed E-state index contributed by atoms with van der Waals surface area (Å²) in [5, 5.41) is 3.01. The summed E-state index contributed by atoms with van der Waals surface area (Å²) in [5.41, 5.74) is 1.52. The van der Waals surface area contributed by atoms with E-state index in [1.807, 2.05) is 41.8 Å². The Labute approximate surface area is 163 Å². The van der Waals surface area contributed by atoms with Gasteiger partial charge in [-0.05, 0) is 30.3 Å². The summed E-state index contributed by atoms with van der Waals surface area (Å²) in [6, 6.07) is 14.9. The van der Waals surface area contributed by atoms with E-state index >= 15 is 0 Å². The average Bonchev–Trinajstić information content (AvgIpc) is 3.03. The van der Waals surface area contributed by atoms with Gasteiger partial charge in [0.25, 0.3) is 0 Å². The smallest absolute Gasteiger partial charge is 0.230 e. The van der Waals surface area contributed by atoms with E-state index in [0.29, 0.717) is 15.9 Å². The van der Waals surface area contributed by atoms with Crippen molar-refractivity contribution in [2.75, 3.05) is 4.90 Å². The van der Waals surface area contributed by atoms with Crippen LogP contribution in [0.4, 0.5) is 10.8 Å². The first kappa shape index (κ1) is 17.9. The van der Waals surface area contributed by atoms with Gasteiger partial charge in [-0.25, -0.2) is 4.98 Å². The number of carbonyl (C=O) groups is 1. The van der Waals surface area contributed by atoms with Crippen molar-refractivity contribution in [1.29, 1.82) is 0 Å². The normalized spacial score (nSPS) is 10.5. The molecule has 0 saturated heterocycles. The molecule has 7 heteroatoms. The molecule has 1 heterocycles.